The van der Waals surface area contributed by atoms with Crippen molar-refractivity contribution in [3.05, 3.63) is 12.7 Å². The second kappa shape index (κ2) is 12.6. The van der Waals surface area contributed by atoms with E-state index in [2.05, 4.69) is 27.8 Å². The van der Waals surface area contributed by atoms with Crippen LogP contribution in [0.4, 0.5) is 18.0 Å². The molecule has 5 atom stereocenters. The third-order valence-corrected chi connectivity index (χ3v) is 8.62. The number of amides is 5. The lowest BCUT2D eigenvalue weighted by molar-refractivity contribution is -0.155. The van der Waals surface area contributed by atoms with Crippen LogP contribution in [-0.4, -0.2) is 77.4 Å². The fraction of sp³-hybridized carbons (Fsp3) is 0.759. The Hall–Kier alpha value is -3.12. The maximum atomic E-state index is 14.1. The molecule has 1 aliphatic heterocycles. The van der Waals surface area contributed by atoms with Gasteiger partial charge in [-0.15, -0.1) is 6.58 Å². The highest BCUT2D eigenvalue weighted by Crippen LogP contribution is 2.65. The first-order valence-electron chi connectivity index (χ1n) is 14.6. The standard InChI is InChI=1S/C29H44F3N5O5/c1-7-13-33-24(40)22(38)18(14-29(30,31)32)34-23(39)21-19-17(28(19,5)6)15-37(21)25(41)20(16-11-9-8-10-12-16)35-26(42)36-27(2,3)4/h7,16-21H,1,8-15H2,2-6H3,(H,33,40)(H,34,39)(H2,35,36,42)/t17-,18?,19-,20-,21-/m0/s1. The van der Waals surface area contributed by atoms with Crippen LogP contribution in [0.25, 0.3) is 0 Å². The van der Waals surface area contributed by atoms with Crippen LogP contribution in [0, 0.1) is 23.2 Å². The van der Waals surface area contributed by atoms with Crippen molar-refractivity contribution in [2.75, 3.05) is 13.1 Å². The first-order chi connectivity index (χ1) is 19.4. The number of piperidine rings is 1. The molecule has 1 heterocycles. The first-order valence-corrected chi connectivity index (χ1v) is 14.6. The molecule has 236 valence electrons. The number of likely N-dealkylation sites (tertiary alicyclic amines) is 1. The second-order valence-electron chi connectivity index (χ2n) is 13.4. The molecule has 3 aliphatic rings. The van der Waals surface area contributed by atoms with Gasteiger partial charge in [0.15, 0.2) is 0 Å². The summed E-state index contributed by atoms with van der Waals surface area (Å²) in [4.78, 5) is 66.8. The molecular weight excluding hydrogens is 555 g/mol. The van der Waals surface area contributed by atoms with Crippen LogP contribution in [0.1, 0.15) is 73.1 Å². The van der Waals surface area contributed by atoms with Crippen molar-refractivity contribution in [3.63, 3.8) is 0 Å². The van der Waals surface area contributed by atoms with E-state index in [1.54, 1.807) is 20.8 Å². The minimum absolute atomic E-state index is 0.0831. The normalized spacial score (nSPS) is 25.0. The number of hydrogen-bond donors (Lipinski definition) is 4. The van der Waals surface area contributed by atoms with E-state index in [1.807, 2.05) is 13.8 Å². The molecule has 2 saturated carbocycles. The van der Waals surface area contributed by atoms with Crippen molar-refractivity contribution in [2.45, 2.75) is 103 Å². The summed E-state index contributed by atoms with van der Waals surface area (Å²) in [5.41, 5.74) is -0.926. The molecule has 3 rings (SSSR count). The molecule has 10 nitrogen and oxygen atoms in total. The summed E-state index contributed by atoms with van der Waals surface area (Å²) in [6.45, 7) is 12.7. The van der Waals surface area contributed by atoms with Crippen LogP contribution < -0.4 is 21.3 Å². The third-order valence-electron chi connectivity index (χ3n) is 8.62. The number of urea groups is 1. The average molecular weight is 600 g/mol. The van der Waals surface area contributed by atoms with E-state index in [-0.39, 0.29) is 36.3 Å². The number of rotatable bonds is 10. The molecular formula is C29H44F3N5O5. The van der Waals surface area contributed by atoms with Crippen molar-refractivity contribution >= 4 is 29.5 Å². The summed E-state index contributed by atoms with van der Waals surface area (Å²) in [7, 11) is 0. The van der Waals surface area contributed by atoms with E-state index < -0.39 is 65.8 Å². The predicted octanol–water partition coefficient (Wildman–Crippen LogP) is 2.82. The van der Waals surface area contributed by atoms with Crippen LogP contribution in [0.5, 0.6) is 0 Å². The molecule has 0 bridgehead atoms. The van der Waals surface area contributed by atoms with Gasteiger partial charge in [-0.3, -0.25) is 19.2 Å². The van der Waals surface area contributed by atoms with Gasteiger partial charge in [0, 0.05) is 18.6 Å². The van der Waals surface area contributed by atoms with Crippen LogP contribution in [-0.2, 0) is 19.2 Å². The lowest BCUT2D eigenvalue weighted by Crippen LogP contribution is -2.61. The SMILES string of the molecule is C=CCNC(=O)C(=O)C(CC(F)(F)F)NC(=O)[C@@H]1[C@@H]2[C@H](CN1C(=O)[C@@H](NC(=O)NC(C)(C)C)C1CCCCC1)C2(C)C. The van der Waals surface area contributed by atoms with E-state index in [0.29, 0.717) is 12.8 Å². The summed E-state index contributed by atoms with van der Waals surface area (Å²) in [5, 5.41) is 9.92. The number of alkyl halides is 3. The number of carbonyl (C=O) groups is 5. The Labute approximate surface area is 245 Å². The molecule has 0 aromatic heterocycles. The molecule has 5 amide bonds. The topological polar surface area (TPSA) is 137 Å². The van der Waals surface area contributed by atoms with Gasteiger partial charge in [-0.1, -0.05) is 39.2 Å². The van der Waals surface area contributed by atoms with E-state index in [4.69, 9.17) is 0 Å². The Morgan fingerprint density at radius 1 is 1.02 bits per heavy atom. The number of halogens is 3. The molecule has 3 fully saturated rings. The number of nitrogens with zero attached hydrogens (tertiary/aromatic N) is 1. The van der Waals surface area contributed by atoms with Gasteiger partial charge in [0.1, 0.15) is 18.1 Å². The van der Waals surface area contributed by atoms with Crippen LogP contribution in [0.2, 0.25) is 0 Å². The molecule has 1 saturated heterocycles. The second-order valence-corrected chi connectivity index (χ2v) is 13.4. The van der Waals surface area contributed by atoms with Gasteiger partial charge in [-0.25, -0.2) is 4.79 Å². The van der Waals surface area contributed by atoms with E-state index in [0.717, 1.165) is 19.3 Å². The highest BCUT2D eigenvalue weighted by molar-refractivity contribution is 6.38. The van der Waals surface area contributed by atoms with Crippen molar-refractivity contribution in [1.82, 2.24) is 26.2 Å². The quantitative estimate of drug-likeness (QED) is 0.226. The number of nitrogens with one attached hydrogen (secondary N) is 4. The van der Waals surface area contributed by atoms with Gasteiger partial charge >= 0.3 is 12.2 Å². The van der Waals surface area contributed by atoms with E-state index in [9.17, 15) is 37.1 Å². The minimum atomic E-state index is -4.85. The number of ketones is 1. The largest absolute Gasteiger partial charge is 0.391 e. The summed E-state index contributed by atoms with van der Waals surface area (Å²) < 4.78 is 40.2. The fourth-order valence-corrected chi connectivity index (χ4v) is 6.47. The van der Waals surface area contributed by atoms with E-state index in [1.165, 1.54) is 11.0 Å². The van der Waals surface area contributed by atoms with Gasteiger partial charge in [0.05, 0.1) is 6.42 Å². The highest BCUT2D eigenvalue weighted by Gasteiger charge is 2.70. The molecule has 0 aromatic carbocycles. The Morgan fingerprint density at radius 3 is 2.19 bits per heavy atom. The molecule has 13 heteroatoms. The summed E-state index contributed by atoms with van der Waals surface area (Å²) >= 11 is 0. The molecule has 0 radical (unpaired) electrons. The van der Waals surface area contributed by atoms with Crippen LogP contribution in [0.3, 0.4) is 0 Å². The minimum Gasteiger partial charge on any atom is -0.346 e. The van der Waals surface area contributed by atoms with Gasteiger partial charge in [0.25, 0.3) is 5.91 Å². The molecule has 4 N–H and O–H groups in total. The smallest absolute Gasteiger partial charge is 0.346 e. The summed E-state index contributed by atoms with van der Waals surface area (Å²) in [5.74, 6) is -4.73. The zero-order chi connectivity index (χ0) is 31.6. The lowest BCUT2D eigenvalue weighted by Gasteiger charge is -2.37. The monoisotopic (exact) mass is 599 g/mol. The summed E-state index contributed by atoms with van der Waals surface area (Å²) in [6.07, 6.45) is -1.14. The van der Waals surface area contributed by atoms with Gasteiger partial charge < -0.3 is 26.2 Å². The zero-order valence-electron chi connectivity index (χ0n) is 25.0. The van der Waals surface area contributed by atoms with Crippen molar-refractivity contribution < 1.29 is 37.1 Å². The summed E-state index contributed by atoms with van der Waals surface area (Å²) in [6, 6.07) is -4.78. The average Bonchev–Trinajstić information content (AvgIpc) is 3.21. The Morgan fingerprint density at radius 2 is 1.64 bits per heavy atom. The third kappa shape index (κ3) is 8.03. The number of fused-ring (bicyclic) bond motifs is 1. The van der Waals surface area contributed by atoms with Gasteiger partial charge in [-0.05, 0) is 56.8 Å². The number of Topliss-reactive ketones (excluding diaryl/α,β-unsaturated/α-hetero) is 1. The van der Waals surface area contributed by atoms with Gasteiger partial charge in [-0.2, -0.15) is 13.2 Å². The number of carbonyl (C=O) groups excluding carboxylic acids is 5. The highest BCUT2D eigenvalue weighted by atomic mass is 19.4. The molecule has 0 aromatic rings. The van der Waals surface area contributed by atoms with Crippen molar-refractivity contribution in [2.24, 2.45) is 23.2 Å². The van der Waals surface area contributed by atoms with Crippen LogP contribution in [0.15, 0.2) is 12.7 Å². The predicted molar refractivity (Wildman–Crippen MR) is 149 cm³/mol. The molecule has 0 spiro atoms. The molecule has 1 unspecified atom stereocenters. The fourth-order valence-electron chi connectivity index (χ4n) is 6.47. The Kier molecular flexibility index (Phi) is 10.0. The van der Waals surface area contributed by atoms with Crippen molar-refractivity contribution in [1.29, 1.82) is 0 Å². The Balaban J connectivity index is 1.88. The van der Waals surface area contributed by atoms with Crippen molar-refractivity contribution in [3.8, 4) is 0 Å². The zero-order valence-corrected chi connectivity index (χ0v) is 25.0. The molecule has 42 heavy (non-hydrogen) atoms. The maximum absolute atomic E-state index is 14.1. The number of hydrogen-bond acceptors (Lipinski definition) is 5. The Bertz CT molecular complexity index is 1080. The first kappa shape index (κ1) is 33.4. The maximum Gasteiger partial charge on any atom is 0.391 e. The lowest BCUT2D eigenvalue weighted by atomic mass is 9.83. The van der Waals surface area contributed by atoms with E-state index >= 15 is 0 Å². The van der Waals surface area contributed by atoms with Gasteiger partial charge in [0.2, 0.25) is 17.6 Å². The van der Waals surface area contributed by atoms with Crippen LogP contribution >= 0.6 is 0 Å². The molecule has 2 aliphatic carbocycles.